The molecule has 0 spiro atoms. The molecular weight excluding hydrogens is 252 g/mol. The van der Waals surface area contributed by atoms with Gasteiger partial charge in [-0.3, -0.25) is 4.40 Å². The first-order valence-corrected chi connectivity index (χ1v) is 5.76. The Morgan fingerprint density at radius 1 is 1.33 bits per heavy atom. The Kier molecular flexibility index (Phi) is 2.28. The first-order valence-electron chi connectivity index (χ1n) is 5.39. The molecule has 1 aromatic carbocycles. The fraction of sp³-hybridized carbons (Fsp3) is 0.0769. The van der Waals surface area contributed by atoms with Crippen LogP contribution in [0.1, 0.15) is 16.2 Å². The Hall–Kier alpha value is -2.07. The van der Waals surface area contributed by atoms with Gasteiger partial charge in [0, 0.05) is 22.0 Å². The predicted octanol–water partition coefficient (Wildman–Crippen LogP) is 3.15. The van der Waals surface area contributed by atoms with E-state index in [1.807, 2.05) is 12.1 Å². The third-order valence-corrected chi connectivity index (χ3v) is 3.30. The average Bonchev–Trinajstić information content (AvgIpc) is 2.66. The third kappa shape index (κ3) is 1.39. The largest absolute Gasteiger partial charge is 0.477 e. The molecule has 5 heteroatoms. The number of carboxylic acid groups (broad SMARTS) is 1. The number of halogens is 1. The lowest BCUT2D eigenvalue weighted by Crippen LogP contribution is -2.03. The number of hydrogen-bond donors (Lipinski definition) is 1. The van der Waals surface area contributed by atoms with Crippen LogP contribution in [-0.4, -0.2) is 20.5 Å². The molecule has 0 bridgehead atoms. The van der Waals surface area contributed by atoms with Crippen LogP contribution in [0.25, 0.3) is 16.4 Å². The molecule has 0 saturated carbocycles. The summed E-state index contributed by atoms with van der Waals surface area (Å²) in [7, 11) is 0. The SMILES string of the molecule is Cc1nc2c3cccc(Cl)c3ccn2c1C(=O)O. The molecule has 0 aliphatic carbocycles. The number of pyridine rings is 1. The van der Waals surface area contributed by atoms with Crippen molar-refractivity contribution in [2.24, 2.45) is 0 Å². The van der Waals surface area contributed by atoms with Crippen molar-refractivity contribution in [2.75, 3.05) is 0 Å². The predicted molar refractivity (Wildman–Crippen MR) is 69.4 cm³/mol. The Balaban J connectivity index is 2.54. The van der Waals surface area contributed by atoms with Gasteiger partial charge in [0.15, 0.2) is 5.69 Å². The number of aromatic carboxylic acids is 1. The van der Waals surface area contributed by atoms with Gasteiger partial charge in [-0.05, 0) is 19.1 Å². The smallest absolute Gasteiger partial charge is 0.354 e. The zero-order valence-corrected chi connectivity index (χ0v) is 10.3. The molecule has 2 heterocycles. The molecule has 90 valence electrons. The summed E-state index contributed by atoms with van der Waals surface area (Å²) in [5, 5.41) is 11.5. The summed E-state index contributed by atoms with van der Waals surface area (Å²) in [6, 6.07) is 7.32. The van der Waals surface area contributed by atoms with E-state index in [-0.39, 0.29) is 5.69 Å². The number of fused-ring (bicyclic) bond motifs is 3. The molecule has 0 radical (unpaired) electrons. The lowest BCUT2D eigenvalue weighted by Gasteiger charge is -2.03. The molecule has 2 aromatic heterocycles. The number of carbonyl (C=O) groups is 1. The maximum atomic E-state index is 11.2. The van der Waals surface area contributed by atoms with Crippen LogP contribution in [0.5, 0.6) is 0 Å². The van der Waals surface area contributed by atoms with Crippen LogP contribution in [0.2, 0.25) is 5.02 Å². The highest BCUT2D eigenvalue weighted by atomic mass is 35.5. The standard InChI is InChI=1S/C13H9ClN2O2/c1-7-11(13(17)18)16-6-5-8-9(12(16)15-7)3-2-4-10(8)14/h2-6H,1H3,(H,17,18). The number of nitrogens with zero attached hydrogens (tertiary/aromatic N) is 2. The van der Waals surface area contributed by atoms with Crippen LogP contribution >= 0.6 is 11.6 Å². The molecule has 3 aromatic rings. The molecule has 0 aliphatic rings. The van der Waals surface area contributed by atoms with E-state index >= 15 is 0 Å². The summed E-state index contributed by atoms with van der Waals surface area (Å²) >= 11 is 6.11. The van der Waals surface area contributed by atoms with Gasteiger partial charge in [-0.25, -0.2) is 9.78 Å². The summed E-state index contributed by atoms with van der Waals surface area (Å²) in [5.74, 6) is -0.985. The molecule has 0 aliphatic heterocycles. The maximum Gasteiger partial charge on any atom is 0.354 e. The van der Waals surface area contributed by atoms with E-state index in [1.165, 1.54) is 0 Å². The third-order valence-electron chi connectivity index (χ3n) is 2.97. The van der Waals surface area contributed by atoms with Crippen LogP contribution < -0.4 is 0 Å². The van der Waals surface area contributed by atoms with Crippen LogP contribution in [0.3, 0.4) is 0 Å². The zero-order chi connectivity index (χ0) is 12.9. The van der Waals surface area contributed by atoms with Crippen LogP contribution in [0, 0.1) is 6.92 Å². The minimum Gasteiger partial charge on any atom is -0.477 e. The molecular formula is C13H9ClN2O2. The molecule has 0 fully saturated rings. The number of benzene rings is 1. The molecule has 0 unspecified atom stereocenters. The van der Waals surface area contributed by atoms with E-state index in [0.717, 1.165) is 10.8 Å². The second-order valence-corrected chi connectivity index (χ2v) is 4.47. The van der Waals surface area contributed by atoms with Gasteiger partial charge >= 0.3 is 5.97 Å². The van der Waals surface area contributed by atoms with E-state index in [1.54, 1.807) is 29.7 Å². The highest BCUT2D eigenvalue weighted by molar-refractivity contribution is 6.35. The lowest BCUT2D eigenvalue weighted by molar-refractivity contribution is 0.0688. The number of aryl methyl sites for hydroxylation is 1. The summed E-state index contributed by atoms with van der Waals surface area (Å²) < 4.78 is 1.58. The van der Waals surface area contributed by atoms with Crippen molar-refractivity contribution in [1.82, 2.24) is 9.38 Å². The highest BCUT2D eigenvalue weighted by Gasteiger charge is 2.17. The van der Waals surface area contributed by atoms with Gasteiger partial charge in [-0.15, -0.1) is 0 Å². The maximum absolute atomic E-state index is 11.2. The van der Waals surface area contributed by atoms with Crippen LogP contribution in [-0.2, 0) is 0 Å². The Labute approximate surface area is 107 Å². The average molecular weight is 261 g/mol. The van der Waals surface area contributed by atoms with Gasteiger partial charge in [-0.2, -0.15) is 0 Å². The van der Waals surface area contributed by atoms with Crippen molar-refractivity contribution >= 4 is 34.0 Å². The number of aromatic nitrogens is 2. The lowest BCUT2D eigenvalue weighted by atomic mass is 10.2. The fourth-order valence-electron chi connectivity index (χ4n) is 2.19. The van der Waals surface area contributed by atoms with E-state index in [9.17, 15) is 9.90 Å². The van der Waals surface area contributed by atoms with Gasteiger partial charge in [0.1, 0.15) is 5.65 Å². The van der Waals surface area contributed by atoms with Gasteiger partial charge in [0.25, 0.3) is 0 Å². The van der Waals surface area contributed by atoms with Crippen molar-refractivity contribution in [3.05, 3.63) is 46.9 Å². The van der Waals surface area contributed by atoms with Crippen molar-refractivity contribution in [1.29, 1.82) is 0 Å². The topological polar surface area (TPSA) is 54.6 Å². The molecule has 1 N–H and O–H groups in total. The molecule has 18 heavy (non-hydrogen) atoms. The number of rotatable bonds is 1. The number of hydrogen-bond acceptors (Lipinski definition) is 2. The summed E-state index contributed by atoms with van der Waals surface area (Å²) in [6.07, 6.45) is 1.69. The monoisotopic (exact) mass is 260 g/mol. The quantitative estimate of drug-likeness (QED) is 0.731. The molecule has 0 saturated heterocycles. The molecule has 3 rings (SSSR count). The summed E-state index contributed by atoms with van der Waals surface area (Å²) in [4.78, 5) is 15.5. The molecule has 4 nitrogen and oxygen atoms in total. The van der Waals surface area contributed by atoms with Crippen molar-refractivity contribution < 1.29 is 9.90 Å². The first-order chi connectivity index (χ1) is 8.59. The van der Waals surface area contributed by atoms with Crippen molar-refractivity contribution in [2.45, 2.75) is 6.92 Å². The molecule has 0 atom stereocenters. The van der Waals surface area contributed by atoms with E-state index in [4.69, 9.17) is 11.6 Å². The minimum absolute atomic E-state index is 0.187. The van der Waals surface area contributed by atoms with E-state index in [0.29, 0.717) is 16.4 Å². The van der Waals surface area contributed by atoms with Gasteiger partial charge in [0.05, 0.1) is 5.69 Å². The van der Waals surface area contributed by atoms with Crippen molar-refractivity contribution in [3.8, 4) is 0 Å². The zero-order valence-electron chi connectivity index (χ0n) is 9.51. The van der Waals surface area contributed by atoms with E-state index < -0.39 is 5.97 Å². The summed E-state index contributed by atoms with van der Waals surface area (Å²) in [6.45, 7) is 1.69. The Morgan fingerprint density at radius 2 is 2.11 bits per heavy atom. The Bertz CT molecular complexity index is 792. The minimum atomic E-state index is -0.985. The first kappa shape index (κ1) is 11.0. The number of carboxylic acids is 1. The molecule has 0 amide bonds. The van der Waals surface area contributed by atoms with Crippen LogP contribution in [0.4, 0.5) is 0 Å². The van der Waals surface area contributed by atoms with Gasteiger partial charge < -0.3 is 5.11 Å². The van der Waals surface area contributed by atoms with Gasteiger partial charge in [-0.1, -0.05) is 23.7 Å². The van der Waals surface area contributed by atoms with E-state index in [2.05, 4.69) is 4.98 Å². The second kappa shape index (κ2) is 3.71. The second-order valence-electron chi connectivity index (χ2n) is 4.06. The highest BCUT2D eigenvalue weighted by Crippen LogP contribution is 2.27. The number of imidazole rings is 1. The fourth-order valence-corrected chi connectivity index (χ4v) is 2.43. The van der Waals surface area contributed by atoms with Crippen LogP contribution in [0.15, 0.2) is 30.5 Å². The Morgan fingerprint density at radius 3 is 2.83 bits per heavy atom. The normalized spacial score (nSPS) is 11.2. The summed E-state index contributed by atoms with van der Waals surface area (Å²) in [5.41, 5.74) is 1.30. The van der Waals surface area contributed by atoms with Gasteiger partial charge in [0.2, 0.25) is 0 Å². The van der Waals surface area contributed by atoms with Crippen molar-refractivity contribution in [3.63, 3.8) is 0 Å².